The summed E-state index contributed by atoms with van der Waals surface area (Å²) in [6.07, 6.45) is 8.63. The van der Waals surface area contributed by atoms with Gasteiger partial charge in [-0.2, -0.15) is 0 Å². The number of hydrogen-bond donors (Lipinski definition) is 2. The summed E-state index contributed by atoms with van der Waals surface area (Å²) in [5.41, 5.74) is 1.01. The number of piperidine rings is 1. The van der Waals surface area contributed by atoms with E-state index in [9.17, 15) is 14.4 Å². The Morgan fingerprint density at radius 3 is 1.97 bits per heavy atom. The van der Waals surface area contributed by atoms with E-state index in [0.717, 1.165) is 58.0 Å². The maximum Gasteiger partial charge on any atom is 0.227 e. The first-order valence-corrected chi connectivity index (χ1v) is 12.8. The normalized spacial score (nSPS) is 16.6. The number of carbonyl (C=O) groups excluding carboxylic acids is 3. The molecular weight excluding hydrogens is 434 g/mol. The molecule has 0 aromatic heterocycles. The maximum absolute atomic E-state index is 12.8. The van der Waals surface area contributed by atoms with Crippen LogP contribution in [0.3, 0.4) is 0 Å². The van der Waals surface area contributed by atoms with Crippen LogP contribution in [0, 0.1) is 5.92 Å². The van der Waals surface area contributed by atoms with Gasteiger partial charge in [0, 0.05) is 44.0 Å². The van der Waals surface area contributed by atoms with Crippen LogP contribution in [0.2, 0.25) is 0 Å². The number of likely N-dealkylation sites (tertiary alicyclic amines) is 1. The lowest BCUT2D eigenvalue weighted by Gasteiger charge is -2.26. The summed E-state index contributed by atoms with van der Waals surface area (Å²) in [7, 11) is 0. The number of anilines is 2. The Labute approximate surface area is 202 Å². The van der Waals surface area contributed by atoms with E-state index >= 15 is 0 Å². The Bertz CT molecular complexity index is 845. The lowest BCUT2D eigenvalue weighted by atomic mass is 9.88. The molecule has 0 atom stereocenters. The molecule has 2 fully saturated rings. The summed E-state index contributed by atoms with van der Waals surface area (Å²) in [5, 5.41) is 5.88. The topological polar surface area (TPSA) is 97.0 Å². The average Bonchev–Trinajstić information content (AvgIpc) is 2.86. The molecule has 3 amide bonds. The fraction of sp³-hybridized carbons (Fsp3) is 0.654. The van der Waals surface area contributed by atoms with Crippen molar-refractivity contribution in [2.24, 2.45) is 5.92 Å². The van der Waals surface area contributed by atoms with Crippen molar-refractivity contribution < 1.29 is 23.9 Å². The third-order valence-corrected chi connectivity index (χ3v) is 6.46. The zero-order valence-electron chi connectivity index (χ0n) is 20.6. The molecular formula is C26H39N3O5. The highest BCUT2D eigenvalue weighted by atomic mass is 16.5. The standard InChI is InChI=1S/C26H39N3O5/c1-3-33-22-18-21(28-26(32)19-11-7-5-8-12-19)23(34-4-2)17-20(22)27-24(30)13-14-25(31)29-15-9-6-10-16-29/h17-19H,3-16H2,1-2H3,(H,27,30)(H,28,32). The molecule has 1 aromatic rings. The number of amides is 3. The Kier molecular flexibility index (Phi) is 10.0. The number of benzene rings is 1. The summed E-state index contributed by atoms with van der Waals surface area (Å²) in [4.78, 5) is 39.7. The SMILES string of the molecule is CCOc1cc(NC(=O)C2CCCCC2)c(OCC)cc1NC(=O)CCC(=O)N1CCCCC1. The van der Waals surface area contributed by atoms with Crippen LogP contribution in [0.4, 0.5) is 11.4 Å². The highest BCUT2D eigenvalue weighted by Gasteiger charge is 2.24. The van der Waals surface area contributed by atoms with Crippen LogP contribution in [0.25, 0.3) is 0 Å². The van der Waals surface area contributed by atoms with Crippen LogP contribution in [-0.2, 0) is 14.4 Å². The summed E-state index contributed by atoms with van der Waals surface area (Å²) < 4.78 is 11.5. The van der Waals surface area contributed by atoms with E-state index in [1.807, 2.05) is 18.7 Å². The lowest BCUT2D eigenvalue weighted by Crippen LogP contribution is -2.35. The smallest absolute Gasteiger partial charge is 0.227 e. The molecule has 1 heterocycles. The van der Waals surface area contributed by atoms with Gasteiger partial charge in [-0.15, -0.1) is 0 Å². The molecule has 2 aliphatic rings. The molecule has 188 valence electrons. The lowest BCUT2D eigenvalue weighted by molar-refractivity contribution is -0.133. The first-order valence-electron chi connectivity index (χ1n) is 12.8. The van der Waals surface area contributed by atoms with Crippen LogP contribution < -0.4 is 20.1 Å². The summed E-state index contributed by atoms with van der Waals surface area (Å²) >= 11 is 0. The van der Waals surface area contributed by atoms with Crippen molar-refractivity contribution in [1.82, 2.24) is 4.90 Å². The quantitative estimate of drug-likeness (QED) is 0.512. The minimum Gasteiger partial charge on any atom is -0.492 e. The summed E-state index contributed by atoms with van der Waals surface area (Å²) in [6.45, 7) is 6.10. The molecule has 1 aliphatic heterocycles. The number of rotatable bonds is 10. The molecule has 1 aliphatic carbocycles. The number of hydrogen-bond acceptors (Lipinski definition) is 5. The Balaban J connectivity index is 1.68. The molecule has 0 bridgehead atoms. The van der Waals surface area contributed by atoms with Crippen molar-refractivity contribution in [3.63, 3.8) is 0 Å². The minimum absolute atomic E-state index is 0.00360. The van der Waals surface area contributed by atoms with E-state index in [-0.39, 0.29) is 36.5 Å². The predicted octanol–water partition coefficient (Wildman–Crippen LogP) is 4.73. The zero-order chi connectivity index (χ0) is 24.3. The van der Waals surface area contributed by atoms with Gasteiger partial charge in [-0.25, -0.2) is 0 Å². The van der Waals surface area contributed by atoms with E-state index in [1.54, 1.807) is 12.1 Å². The van der Waals surface area contributed by atoms with Gasteiger partial charge in [-0.05, 0) is 46.0 Å². The Morgan fingerprint density at radius 2 is 1.38 bits per heavy atom. The van der Waals surface area contributed by atoms with Gasteiger partial charge >= 0.3 is 0 Å². The molecule has 0 unspecified atom stereocenters. The number of carbonyl (C=O) groups is 3. The van der Waals surface area contributed by atoms with Gasteiger partial charge in [0.15, 0.2) is 0 Å². The molecule has 0 radical (unpaired) electrons. The molecule has 1 saturated carbocycles. The van der Waals surface area contributed by atoms with Crippen LogP contribution >= 0.6 is 0 Å². The van der Waals surface area contributed by atoms with Crippen LogP contribution in [0.5, 0.6) is 11.5 Å². The van der Waals surface area contributed by atoms with Crippen LogP contribution in [0.15, 0.2) is 12.1 Å². The number of ether oxygens (including phenoxy) is 2. The van der Waals surface area contributed by atoms with Gasteiger partial charge < -0.3 is 25.0 Å². The fourth-order valence-electron chi connectivity index (χ4n) is 4.64. The predicted molar refractivity (Wildman–Crippen MR) is 132 cm³/mol. The highest BCUT2D eigenvalue weighted by Crippen LogP contribution is 2.38. The maximum atomic E-state index is 12.8. The van der Waals surface area contributed by atoms with Crippen molar-refractivity contribution in [2.45, 2.75) is 78.1 Å². The molecule has 0 spiro atoms. The van der Waals surface area contributed by atoms with Gasteiger partial charge in [-0.1, -0.05) is 19.3 Å². The second kappa shape index (κ2) is 13.2. The van der Waals surface area contributed by atoms with Crippen molar-refractivity contribution >= 4 is 29.1 Å². The van der Waals surface area contributed by atoms with E-state index in [4.69, 9.17) is 9.47 Å². The van der Waals surface area contributed by atoms with Crippen LogP contribution in [0.1, 0.15) is 78.1 Å². The van der Waals surface area contributed by atoms with E-state index in [2.05, 4.69) is 10.6 Å². The molecule has 1 aromatic carbocycles. The largest absolute Gasteiger partial charge is 0.492 e. The summed E-state index contributed by atoms with van der Waals surface area (Å²) in [6, 6.07) is 3.40. The molecule has 3 rings (SSSR count). The first kappa shape index (κ1) is 25.8. The minimum atomic E-state index is -0.257. The van der Waals surface area contributed by atoms with E-state index < -0.39 is 0 Å². The van der Waals surface area contributed by atoms with Gasteiger partial charge in [0.2, 0.25) is 17.7 Å². The second-order valence-electron chi connectivity index (χ2n) is 9.02. The van der Waals surface area contributed by atoms with Crippen molar-refractivity contribution in [2.75, 3.05) is 36.9 Å². The zero-order valence-corrected chi connectivity index (χ0v) is 20.6. The molecule has 8 heteroatoms. The Morgan fingerprint density at radius 1 is 0.824 bits per heavy atom. The van der Waals surface area contributed by atoms with Crippen molar-refractivity contribution in [3.8, 4) is 11.5 Å². The third-order valence-electron chi connectivity index (χ3n) is 6.46. The molecule has 34 heavy (non-hydrogen) atoms. The highest BCUT2D eigenvalue weighted by molar-refractivity contribution is 5.98. The molecule has 1 saturated heterocycles. The summed E-state index contributed by atoms with van der Waals surface area (Å²) in [5.74, 6) is 0.713. The Hall–Kier alpha value is -2.77. The van der Waals surface area contributed by atoms with Gasteiger partial charge in [0.05, 0.1) is 24.6 Å². The fourth-order valence-corrected chi connectivity index (χ4v) is 4.64. The van der Waals surface area contributed by atoms with E-state index in [0.29, 0.717) is 36.1 Å². The molecule has 2 N–H and O–H groups in total. The number of nitrogens with zero attached hydrogens (tertiary/aromatic N) is 1. The van der Waals surface area contributed by atoms with Crippen molar-refractivity contribution in [3.05, 3.63) is 12.1 Å². The third kappa shape index (κ3) is 7.37. The van der Waals surface area contributed by atoms with Gasteiger partial charge in [0.1, 0.15) is 11.5 Å². The van der Waals surface area contributed by atoms with Crippen LogP contribution in [-0.4, -0.2) is 48.9 Å². The monoisotopic (exact) mass is 473 g/mol. The van der Waals surface area contributed by atoms with Gasteiger partial charge in [-0.3, -0.25) is 14.4 Å². The average molecular weight is 474 g/mol. The molecule has 8 nitrogen and oxygen atoms in total. The first-order chi connectivity index (χ1) is 16.5. The van der Waals surface area contributed by atoms with E-state index in [1.165, 1.54) is 6.42 Å². The van der Waals surface area contributed by atoms with Gasteiger partial charge in [0.25, 0.3) is 0 Å². The second-order valence-corrected chi connectivity index (χ2v) is 9.02. The van der Waals surface area contributed by atoms with Crippen molar-refractivity contribution in [1.29, 1.82) is 0 Å². The number of nitrogens with one attached hydrogen (secondary N) is 2.